The quantitative estimate of drug-likeness (QED) is 0.489. The molecule has 0 spiro atoms. The maximum Gasteiger partial charge on any atom is 0.292 e. The SMILES string of the molecule is CC(NS(=O)(=O)c1ccc([N+](=O)[O-])c(N)c1)C1CCCCC1. The van der Waals surface area contributed by atoms with Crippen molar-refractivity contribution in [2.24, 2.45) is 5.92 Å². The predicted octanol–water partition coefficient (Wildman–Crippen LogP) is 2.42. The fourth-order valence-corrected chi connectivity index (χ4v) is 4.26. The molecule has 1 aromatic carbocycles. The van der Waals surface area contributed by atoms with Crippen LogP contribution in [0.5, 0.6) is 0 Å². The van der Waals surface area contributed by atoms with Crippen LogP contribution in [0.15, 0.2) is 23.1 Å². The number of nitro benzene ring substituents is 1. The Balaban J connectivity index is 2.16. The molecule has 22 heavy (non-hydrogen) atoms. The van der Waals surface area contributed by atoms with E-state index in [1.54, 1.807) is 0 Å². The maximum atomic E-state index is 12.4. The number of anilines is 1. The van der Waals surface area contributed by atoms with Crippen molar-refractivity contribution >= 4 is 21.4 Å². The summed E-state index contributed by atoms with van der Waals surface area (Å²) >= 11 is 0. The number of hydrogen-bond acceptors (Lipinski definition) is 5. The minimum Gasteiger partial charge on any atom is -0.393 e. The van der Waals surface area contributed by atoms with E-state index >= 15 is 0 Å². The molecule has 122 valence electrons. The van der Waals surface area contributed by atoms with Crippen LogP contribution in [-0.2, 0) is 10.0 Å². The van der Waals surface area contributed by atoms with Crippen LogP contribution in [0.1, 0.15) is 39.0 Å². The minimum atomic E-state index is -3.73. The number of nitrogen functional groups attached to an aromatic ring is 1. The Morgan fingerprint density at radius 2 is 1.95 bits per heavy atom. The van der Waals surface area contributed by atoms with E-state index in [2.05, 4.69) is 4.72 Å². The average molecular weight is 327 g/mol. The standard InChI is InChI=1S/C14H21N3O4S/c1-10(11-5-3-2-4-6-11)16-22(20,21)12-7-8-14(17(18)19)13(15)9-12/h7-11,16H,2-6,15H2,1H3. The monoisotopic (exact) mass is 327 g/mol. The van der Waals surface area contributed by atoms with Crippen LogP contribution >= 0.6 is 0 Å². The van der Waals surface area contributed by atoms with E-state index in [0.29, 0.717) is 5.92 Å². The van der Waals surface area contributed by atoms with Gasteiger partial charge in [-0.25, -0.2) is 13.1 Å². The van der Waals surface area contributed by atoms with Crippen molar-refractivity contribution in [3.05, 3.63) is 28.3 Å². The first-order chi connectivity index (χ1) is 10.3. The van der Waals surface area contributed by atoms with Crippen molar-refractivity contribution in [1.82, 2.24) is 4.72 Å². The maximum absolute atomic E-state index is 12.4. The Bertz CT molecular complexity index is 654. The molecule has 1 aliphatic carbocycles. The van der Waals surface area contributed by atoms with Gasteiger partial charge in [-0.05, 0) is 37.8 Å². The lowest BCUT2D eigenvalue weighted by Crippen LogP contribution is -2.38. The van der Waals surface area contributed by atoms with Crippen molar-refractivity contribution < 1.29 is 13.3 Å². The normalized spacial score (nSPS) is 18.0. The molecule has 3 N–H and O–H groups in total. The van der Waals surface area contributed by atoms with E-state index in [4.69, 9.17) is 5.73 Å². The number of benzene rings is 1. The highest BCUT2D eigenvalue weighted by atomic mass is 32.2. The fraction of sp³-hybridized carbons (Fsp3) is 0.571. The molecule has 0 saturated heterocycles. The molecule has 1 atom stereocenters. The highest BCUT2D eigenvalue weighted by molar-refractivity contribution is 7.89. The summed E-state index contributed by atoms with van der Waals surface area (Å²) in [4.78, 5) is 10.0. The second-order valence-corrected chi connectivity index (χ2v) is 7.50. The molecule has 1 aliphatic rings. The van der Waals surface area contributed by atoms with Gasteiger partial charge in [0, 0.05) is 12.1 Å². The van der Waals surface area contributed by atoms with Crippen molar-refractivity contribution in [2.45, 2.75) is 50.0 Å². The van der Waals surface area contributed by atoms with E-state index in [1.165, 1.54) is 12.5 Å². The summed E-state index contributed by atoms with van der Waals surface area (Å²) in [6.07, 6.45) is 5.50. The van der Waals surface area contributed by atoms with Crippen molar-refractivity contribution in [1.29, 1.82) is 0 Å². The van der Waals surface area contributed by atoms with Crippen LogP contribution < -0.4 is 10.5 Å². The molecule has 0 aliphatic heterocycles. The topological polar surface area (TPSA) is 115 Å². The largest absolute Gasteiger partial charge is 0.393 e. The Morgan fingerprint density at radius 3 is 2.50 bits per heavy atom. The molecule has 0 radical (unpaired) electrons. The van der Waals surface area contributed by atoms with Gasteiger partial charge in [-0.1, -0.05) is 19.3 Å². The summed E-state index contributed by atoms with van der Waals surface area (Å²) < 4.78 is 27.4. The van der Waals surface area contributed by atoms with Gasteiger partial charge in [0.2, 0.25) is 10.0 Å². The van der Waals surface area contributed by atoms with Crippen molar-refractivity contribution in [2.75, 3.05) is 5.73 Å². The molecular weight excluding hydrogens is 306 g/mol. The number of nitrogens with two attached hydrogens (primary N) is 1. The van der Waals surface area contributed by atoms with Gasteiger partial charge in [0.1, 0.15) is 5.69 Å². The Hall–Kier alpha value is -1.67. The number of sulfonamides is 1. The molecule has 0 amide bonds. The lowest BCUT2D eigenvalue weighted by atomic mass is 9.85. The third-order valence-corrected chi connectivity index (χ3v) is 5.76. The first kappa shape index (κ1) is 16.7. The first-order valence-corrected chi connectivity index (χ1v) is 8.86. The summed E-state index contributed by atoms with van der Waals surface area (Å²) in [7, 11) is -3.73. The van der Waals surface area contributed by atoms with E-state index in [-0.39, 0.29) is 22.3 Å². The predicted molar refractivity (Wildman–Crippen MR) is 83.9 cm³/mol. The lowest BCUT2D eigenvalue weighted by Gasteiger charge is -2.28. The lowest BCUT2D eigenvalue weighted by molar-refractivity contribution is -0.383. The molecule has 0 heterocycles. The summed E-state index contributed by atoms with van der Waals surface area (Å²) in [5.74, 6) is 0.332. The number of hydrogen-bond donors (Lipinski definition) is 2. The van der Waals surface area contributed by atoms with Gasteiger partial charge in [0.25, 0.3) is 5.69 Å². The molecule has 0 aromatic heterocycles. The van der Waals surface area contributed by atoms with Gasteiger partial charge in [0.15, 0.2) is 0 Å². The number of nitrogens with zero attached hydrogens (tertiary/aromatic N) is 1. The van der Waals surface area contributed by atoms with Crippen LogP contribution in [0.3, 0.4) is 0 Å². The van der Waals surface area contributed by atoms with Gasteiger partial charge < -0.3 is 5.73 Å². The van der Waals surface area contributed by atoms with Crippen LogP contribution in [-0.4, -0.2) is 19.4 Å². The smallest absolute Gasteiger partial charge is 0.292 e. The molecule has 8 heteroatoms. The molecule has 1 saturated carbocycles. The minimum absolute atomic E-state index is 0.0433. The molecule has 7 nitrogen and oxygen atoms in total. The number of nitrogens with one attached hydrogen (secondary N) is 1. The van der Waals surface area contributed by atoms with Crippen LogP contribution in [0.4, 0.5) is 11.4 Å². The Labute approximate surface area is 130 Å². The van der Waals surface area contributed by atoms with Gasteiger partial charge in [-0.3, -0.25) is 10.1 Å². The Kier molecular flexibility index (Phi) is 5.02. The zero-order chi connectivity index (χ0) is 16.3. The molecular formula is C14H21N3O4S. The molecule has 1 unspecified atom stereocenters. The molecule has 2 rings (SSSR count). The molecule has 1 fully saturated rings. The van der Waals surface area contributed by atoms with Crippen LogP contribution in [0.2, 0.25) is 0 Å². The van der Waals surface area contributed by atoms with Crippen LogP contribution in [0.25, 0.3) is 0 Å². The van der Waals surface area contributed by atoms with E-state index < -0.39 is 14.9 Å². The zero-order valence-electron chi connectivity index (χ0n) is 12.5. The summed E-state index contributed by atoms with van der Waals surface area (Å²) in [6, 6.07) is 3.30. The second kappa shape index (κ2) is 6.62. The van der Waals surface area contributed by atoms with E-state index in [0.717, 1.165) is 37.8 Å². The summed E-state index contributed by atoms with van der Waals surface area (Å²) in [6.45, 7) is 1.86. The first-order valence-electron chi connectivity index (χ1n) is 7.37. The van der Waals surface area contributed by atoms with Crippen molar-refractivity contribution in [3.63, 3.8) is 0 Å². The second-order valence-electron chi connectivity index (χ2n) is 5.79. The van der Waals surface area contributed by atoms with E-state index in [9.17, 15) is 18.5 Å². The summed E-state index contributed by atoms with van der Waals surface area (Å²) in [5.41, 5.74) is 5.11. The highest BCUT2D eigenvalue weighted by Gasteiger charge is 2.26. The van der Waals surface area contributed by atoms with Gasteiger partial charge >= 0.3 is 0 Å². The zero-order valence-corrected chi connectivity index (χ0v) is 13.3. The third-order valence-electron chi connectivity index (χ3n) is 4.20. The van der Waals surface area contributed by atoms with Crippen molar-refractivity contribution in [3.8, 4) is 0 Å². The van der Waals surface area contributed by atoms with Gasteiger partial charge in [-0.2, -0.15) is 0 Å². The molecule has 1 aromatic rings. The van der Waals surface area contributed by atoms with Gasteiger partial charge in [0.05, 0.1) is 9.82 Å². The fourth-order valence-electron chi connectivity index (χ4n) is 2.91. The molecule has 0 bridgehead atoms. The Morgan fingerprint density at radius 1 is 1.32 bits per heavy atom. The highest BCUT2D eigenvalue weighted by Crippen LogP contribution is 2.28. The van der Waals surface area contributed by atoms with Gasteiger partial charge in [-0.15, -0.1) is 0 Å². The average Bonchev–Trinajstić information content (AvgIpc) is 2.47. The number of rotatable bonds is 5. The third kappa shape index (κ3) is 3.75. The van der Waals surface area contributed by atoms with E-state index in [1.807, 2.05) is 6.92 Å². The number of nitro groups is 1. The van der Waals surface area contributed by atoms with Crippen LogP contribution in [0, 0.1) is 16.0 Å². The summed E-state index contributed by atoms with van der Waals surface area (Å²) in [5, 5.41) is 10.7.